The Kier molecular flexibility index (Phi) is 6.78. The Morgan fingerprint density at radius 2 is 1.72 bits per heavy atom. The van der Waals surface area contributed by atoms with Crippen molar-refractivity contribution in [1.29, 1.82) is 0 Å². The number of hydrogen-bond donors (Lipinski definition) is 0. The first-order chi connectivity index (χ1) is 11.9. The third-order valence-electron chi connectivity index (χ3n) is 4.59. The van der Waals surface area contributed by atoms with Crippen molar-refractivity contribution in [3.05, 3.63) is 28.7 Å². The van der Waals surface area contributed by atoms with Gasteiger partial charge in [-0.2, -0.15) is 4.31 Å². The minimum atomic E-state index is -3.83. The van der Waals surface area contributed by atoms with Gasteiger partial charge in [-0.3, -0.25) is 9.59 Å². The van der Waals surface area contributed by atoms with E-state index >= 15 is 0 Å². The highest BCUT2D eigenvalue weighted by molar-refractivity contribution is 7.89. The van der Waals surface area contributed by atoms with Crippen molar-refractivity contribution >= 4 is 15.9 Å². The van der Waals surface area contributed by atoms with E-state index in [0.717, 1.165) is 25.7 Å². The molecule has 1 aromatic rings. The number of nitrogens with zero attached hydrogens (tertiary/aromatic N) is 3. The Labute approximate surface area is 149 Å². The van der Waals surface area contributed by atoms with Gasteiger partial charge in [0.05, 0.1) is 0 Å². The quantitative estimate of drug-likeness (QED) is 0.757. The number of carbonyl (C=O) groups excluding carboxylic acids is 1. The van der Waals surface area contributed by atoms with Crippen molar-refractivity contribution in [2.75, 3.05) is 26.2 Å². The van der Waals surface area contributed by atoms with Gasteiger partial charge in [-0.15, -0.1) is 0 Å². The Morgan fingerprint density at radius 1 is 1.12 bits per heavy atom. The van der Waals surface area contributed by atoms with Crippen molar-refractivity contribution in [2.45, 2.75) is 51.0 Å². The van der Waals surface area contributed by atoms with E-state index in [4.69, 9.17) is 0 Å². The smallest absolute Gasteiger partial charge is 0.271 e. The molecule has 1 aromatic heterocycles. The first kappa shape index (κ1) is 19.7. The van der Waals surface area contributed by atoms with Crippen molar-refractivity contribution in [1.82, 2.24) is 13.8 Å². The van der Waals surface area contributed by atoms with E-state index in [0.29, 0.717) is 26.2 Å². The van der Waals surface area contributed by atoms with Crippen LogP contribution in [0.25, 0.3) is 0 Å². The molecule has 0 atom stereocenters. The van der Waals surface area contributed by atoms with Gasteiger partial charge in [0, 0.05) is 32.4 Å². The van der Waals surface area contributed by atoms with E-state index in [1.165, 1.54) is 27.2 Å². The van der Waals surface area contributed by atoms with Crippen LogP contribution in [0.2, 0.25) is 0 Å². The van der Waals surface area contributed by atoms with Gasteiger partial charge < -0.3 is 9.47 Å². The molecule has 1 amide bonds. The molecule has 1 saturated heterocycles. The maximum Gasteiger partial charge on any atom is 0.271 e. The minimum absolute atomic E-state index is 0.149. The summed E-state index contributed by atoms with van der Waals surface area (Å²) in [6, 6.07) is 2.85. The zero-order valence-corrected chi connectivity index (χ0v) is 15.8. The lowest BCUT2D eigenvalue weighted by Crippen LogP contribution is -2.39. The summed E-state index contributed by atoms with van der Waals surface area (Å²) in [5, 5.41) is 0. The summed E-state index contributed by atoms with van der Waals surface area (Å²) in [4.78, 5) is 26.3. The molecule has 0 aliphatic carbocycles. The first-order valence-corrected chi connectivity index (χ1v) is 10.3. The van der Waals surface area contributed by atoms with Crippen LogP contribution in [-0.4, -0.2) is 54.3 Å². The SMILES string of the molecule is CCN(CC)C(=O)Cn1cccc(S(=O)(=O)N2CCCCCC2)c1=O. The maximum atomic E-state index is 12.9. The number of hydrogen-bond acceptors (Lipinski definition) is 4. The summed E-state index contributed by atoms with van der Waals surface area (Å²) in [6.07, 6.45) is 5.08. The molecule has 1 aliphatic rings. The van der Waals surface area contributed by atoms with Crippen LogP contribution in [0.5, 0.6) is 0 Å². The molecule has 0 saturated carbocycles. The Bertz CT molecular complexity index is 745. The maximum absolute atomic E-state index is 12.9. The van der Waals surface area contributed by atoms with E-state index in [1.807, 2.05) is 13.8 Å². The molecule has 0 radical (unpaired) electrons. The average molecular weight is 369 g/mol. The first-order valence-electron chi connectivity index (χ1n) is 8.89. The predicted molar refractivity (Wildman–Crippen MR) is 95.9 cm³/mol. The van der Waals surface area contributed by atoms with Gasteiger partial charge in [0.2, 0.25) is 15.9 Å². The molecule has 0 aromatic carbocycles. The van der Waals surface area contributed by atoms with E-state index in [9.17, 15) is 18.0 Å². The molecule has 7 nitrogen and oxygen atoms in total. The number of pyridine rings is 1. The van der Waals surface area contributed by atoms with Crippen molar-refractivity contribution in [3.63, 3.8) is 0 Å². The van der Waals surface area contributed by atoms with Crippen LogP contribution in [0.3, 0.4) is 0 Å². The summed E-state index contributed by atoms with van der Waals surface area (Å²) in [7, 11) is -3.83. The monoisotopic (exact) mass is 369 g/mol. The van der Waals surface area contributed by atoms with Gasteiger partial charge >= 0.3 is 0 Å². The van der Waals surface area contributed by atoms with Crippen LogP contribution < -0.4 is 5.56 Å². The molecule has 0 spiro atoms. The van der Waals surface area contributed by atoms with Crippen LogP contribution in [0.15, 0.2) is 28.0 Å². The lowest BCUT2D eigenvalue weighted by molar-refractivity contribution is -0.131. The third-order valence-corrected chi connectivity index (χ3v) is 6.50. The zero-order chi connectivity index (χ0) is 18.4. The summed E-state index contributed by atoms with van der Waals surface area (Å²) >= 11 is 0. The van der Waals surface area contributed by atoms with Gasteiger partial charge in [-0.05, 0) is 38.8 Å². The second kappa shape index (κ2) is 8.62. The molecule has 0 bridgehead atoms. The zero-order valence-electron chi connectivity index (χ0n) is 15.0. The molecule has 1 fully saturated rings. The molecule has 140 valence electrons. The Hall–Kier alpha value is -1.67. The number of sulfonamides is 1. The fourth-order valence-electron chi connectivity index (χ4n) is 3.08. The van der Waals surface area contributed by atoms with Gasteiger partial charge in [0.1, 0.15) is 11.4 Å². The van der Waals surface area contributed by atoms with Gasteiger partial charge in [0.15, 0.2) is 0 Å². The molecule has 8 heteroatoms. The van der Waals surface area contributed by atoms with Gasteiger partial charge in [0.25, 0.3) is 5.56 Å². The number of aromatic nitrogens is 1. The molecular weight excluding hydrogens is 342 g/mol. The molecule has 1 aliphatic heterocycles. The van der Waals surface area contributed by atoms with E-state index in [1.54, 1.807) is 4.90 Å². The topological polar surface area (TPSA) is 79.7 Å². The molecular formula is C17H27N3O4S. The average Bonchev–Trinajstić information content (AvgIpc) is 2.87. The molecule has 25 heavy (non-hydrogen) atoms. The standard InChI is InChI=1S/C17H27N3O4S/c1-3-18(4-2)16(21)14-19-11-9-10-15(17(19)22)25(23,24)20-12-7-5-6-8-13-20/h9-11H,3-8,12-14H2,1-2H3. The van der Waals surface area contributed by atoms with Crippen LogP contribution in [-0.2, 0) is 21.4 Å². The third kappa shape index (κ3) is 4.49. The number of rotatable bonds is 6. The van der Waals surface area contributed by atoms with Gasteiger partial charge in [-0.25, -0.2) is 8.42 Å². The molecule has 2 rings (SSSR count). The molecule has 0 unspecified atom stereocenters. The van der Waals surface area contributed by atoms with Crippen LogP contribution >= 0.6 is 0 Å². The van der Waals surface area contributed by atoms with Crippen LogP contribution in [0.4, 0.5) is 0 Å². The van der Waals surface area contributed by atoms with Crippen LogP contribution in [0, 0.1) is 0 Å². The summed E-state index contributed by atoms with van der Waals surface area (Å²) in [5.41, 5.74) is -0.632. The highest BCUT2D eigenvalue weighted by Gasteiger charge is 2.28. The molecule has 0 N–H and O–H groups in total. The van der Waals surface area contributed by atoms with Crippen molar-refractivity contribution < 1.29 is 13.2 Å². The number of likely N-dealkylation sites (N-methyl/N-ethyl adjacent to an activating group) is 1. The highest BCUT2D eigenvalue weighted by atomic mass is 32.2. The lowest BCUT2D eigenvalue weighted by atomic mass is 10.2. The Balaban J connectivity index is 2.31. The molecule has 2 heterocycles. The number of amides is 1. The van der Waals surface area contributed by atoms with Crippen molar-refractivity contribution in [2.24, 2.45) is 0 Å². The number of carbonyl (C=O) groups is 1. The fraction of sp³-hybridized carbons (Fsp3) is 0.647. The Morgan fingerprint density at radius 3 is 2.28 bits per heavy atom. The van der Waals surface area contributed by atoms with E-state index in [2.05, 4.69) is 0 Å². The van der Waals surface area contributed by atoms with Crippen molar-refractivity contribution in [3.8, 4) is 0 Å². The highest BCUT2D eigenvalue weighted by Crippen LogP contribution is 2.17. The van der Waals surface area contributed by atoms with E-state index in [-0.39, 0.29) is 17.3 Å². The second-order valence-corrected chi connectivity index (χ2v) is 8.10. The fourth-order valence-corrected chi connectivity index (χ4v) is 4.68. The van der Waals surface area contributed by atoms with Crippen LogP contribution in [0.1, 0.15) is 39.5 Å². The summed E-state index contributed by atoms with van der Waals surface area (Å²) in [6.45, 7) is 5.56. The second-order valence-electron chi connectivity index (χ2n) is 6.19. The summed E-state index contributed by atoms with van der Waals surface area (Å²) in [5.74, 6) is -0.198. The largest absolute Gasteiger partial charge is 0.342 e. The lowest BCUT2D eigenvalue weighted by Gasteiger charge is -2.21. The van der Waals surface area contributed by atoms with E-state index < -0.39 is 15.6 Å². The predicted octanol–water partition coefficient (Wildman–Crippen LogP) is 1.28. The minimum Gasteiger partial charge on any atom is -0.342 e. The normalized spacial score (nSPS) is 16.4. The summed E-state index contributed by atoms with van der Waals surface area (Å²) < 4.78 is 28.3. The van der Waals surface area contributed by atoms with Gasteiger partial charge in [-0.1, -0.05) is 12.8 Å².